The van der Waals surface area contributed by atoms with Crippen LogP contribution in [0.4, 0.5) is 0 Å². The number of nitrogens with one attached hydrogen (secondary N) is 1. The van der Waals surface area contributed by atoms with Crippen molar-refractivity contribution in [3.63, 3.8) is 0 Å². The van der Waals surface area contributed by atoms with Gasteiger partial charge in [0, 0.05) is 18.5 Å². The Morgan fingerprint density at radius 3 is 2.73 bits per heavy atom. The van der Waals surface area contributed by atoms with Crippen LogP contribution in [-0.2, 0) is 0 Å². The molecule has 0 bridgehead atoms. The normalized spacial score (nSPS) is 35.5. The van der Waals surface area contributed by atoms with Gasteiger partial charge in [0.05, 0.1) is 0 Å². The average Bonchev–Trinajstić information content (AvgIpc) is 2.30. The fourth-order valence-electron chi connectivity index (χ4n) is 1.59. The van der Waals surface area contributed by atoms with Crippen LogP contribution in [0.2, 0.25) is 0 Å². The largest absolute Gasteiger partial charge is 0.377 e. The van der Waals surface area contributed by atoms with Crippen molar-refractivity contribution < 1.29 is 5.11 Å². The van der Waals surface area contributed by atoms with Crippen molar-refractivity contribution in [1.82, 2.24) is 4.90 Å². The van der Waals surface area contributed by atoms with Gasteiger partial charge in [-0.2, -0.15) is 0 Å². The molecule has 11 heavy (non-hydrogen) atoms. The number of rotatable bonds is 2. The molecule has 1 aliphatic heterocycles. The Balaban J connectivity index is 2.51. The molecule has 0 radical (unpaired) electrons. The predicted molar refractivity (Wildman–Crippen MR) is 43.5 cm³/mol. The van der Waals surface area contributed by atoms with E-state index in [1.807, 2.05) is 11.9 Å². The van der Waals surface area contributed by atoms with E-state index in [0.717, 1.165) is 13.0 Å². The second-order valence-electron chi connectivity index (χ2n) is 3.16. The van der Waals surface area contributed by atoms with Crippen LogP contribution in [0.5, 0.6) is 0 Å². The molecular weight excluding hydrogens is 142 g/mol. The van der Waals surface area contributed by atoms with E-state index in [9.17, 15) is 0 Å². The lowest BCUT2D eigenvalue weighted by molar-refractivity contribution is 0.0911. The lowest BCUT2D eigenvalue weighted by atomic mass is 10.1. The first-order chi connectivity index (χ1) is 5.15. The summed E-state index contributed by atoms with van der Waals surface area (Å²) in [5.74, 6) is 0.267. The zero-order valence-electron chi connectivity index (χ0n) is 6.70. The third-order valence-corrected chi connectivity index (χ3v) is 2.26. The molecule has 4 heteroatoms. The van der Waals surface area contributed by atoms with Gasteiger partial charge in [-0.15, -0.1) is 0 Å². The average molecular weight is 157 g/mol. The molecule has 4 nitrogen and oxygen atoms in total. The van der Waals surface area contributed by atoms with Crippen molar-refractivity contribution in [2.75, 3.05) is 13.6 Å². The number of hydrogen-bond acceptors (Lipinski definition) is 4. The lowest BCUT2D eigenvalue weighted by Crippen LogP contribution is -2.41. The Morgan fingerprint density at radius 2 is 2.45 bits per heavy atom. The molecule has 1 saturated heterocycles. The number of aliphatic hydroxyl groups is 1. The van der Waals surface area contributed by atoms with Crippen LogP contribution < -0.4 is 5.73 Å². The smallest absolute Gasteiger partial charge is 0.118 e. The van der Waals surface area contributed by atoms with Crippen LogP contribution >= 0.6 is 0 Å². The van der Waals surface area contributed by atoms with E-state index in [-0.39, 0.29) is 12.0 Å². The first kappa shape index (κ1) is 8.64. The third-order valence-electron chi connectivity index (χ3n) is 2.26. The number of likely N-dealkylation sites (tertiary alicyclic amines) is 1. The van der Waals surface area contributed by atoms with Gasteiger partial charge in [0.25, 0.3) is 0 Å². The van der Waals surface area contributed by atoms with Crippen LogP contribution in [0.15, 0.2) is 0 Å². The molecule has 1 fully saturated rings. The quantitative estimate of drug-likeness (QED) is 0.364. The summed E-state index contributed by atoms with van der Waals surface area (Å²) in [5, 5.41) is 16.1. The molecule has 1 aliphatic rings. The van der Waals surface area contributed by atoms with Gasteiger partial charge in [0.2, 0.25) is 0 Å². The Hall–Kier alpha value is -0.450. The molecule has 3 atom stereocenters. The highest BCUT2D eigenvalue weighted by molar-refractivity contribution is 5.57. The molecule has 0 amide bonds. The minimum absolute atomic E-state index is 0.0293. The van der Waals surface area contributed by atoms with Crippen molar-refractivity contribution in [2.24, 2.45) is 11.7 Å². The monoisotopic (exact) mass is 157 g/mol. The summed E-state index contributed by atoms with van der Waals surface area (Å²) < 4.78 is 0. The molecule has 0 saturated carbocycles. The molecular formula is C7H15N3O. The van der Waals surface area contributed by atoms with Crippen molar-refractivity contribution >= 4 is 6.21 Å². The maximum Gasteiger partial charge on any atom is 0.118 e. The van der Waals surface area contributed by atoms with Gasteiger partial charge >= 0.3 is 0 Å². The second kappa shape index (κ2) is 3.30. The molecule has 0 aliphatic carbocycles. The van der Waals surface area contributed by atoms with Gasteiger partial charge in [-0.25, -0.2) is 0 Å². The summed E-state index contributed by atoms with van der Waals surface area (Å²) in [7, 11) is 1.92. The van der Waals surface area contributed by atoms with Crippen LogP contribution in [0.25, 0.3) is 0 Å². The van der Waals surface area contributed by atoms with Crippen LogP contribution in [0, 0.1) is 11.3 Å². The molecule has 0 aromatic rings. The first-order valence-electron chi connectivity index (χ1n) is 3.79. The third kappa shape index (κ3) is 1.77. The Morgan fingerprint density at radius 1 is 1.82 bits per heavy atom. The molecule has 3 unspecified atom stereocenters. The number of aliphatic hydroxyl groups excluding tert-OH is 1. The Bertz CT molecular complexity index is 149. The molecule has 64 valence electrons. The fraction of sp³-hybridized carbons (Fsp3) is 0.857. The van der Waals surface area contributed by atoms with Gasteiger partial charge in [-0.1, -0.05) is 0 Å². The standard InChI is InChI=1S/C7H15N3O/c1-10-4-5(3-8)2-6(10)7(9)11/h3,5-8,11H,2,4,9H2,1H3. The lowest BCUT2D eigenvalue weighted by Gasteiger charge is -2.21. The van der Waals surface area contributed by atoms with E-state index in [4.69, 9.17) is 16.2 Å². The summed E-state index contributed by atoms with van der Waals surface area (Å²) in [4.78, 5) is 2.00. The van der Waals surface area contributed by atoms with E-state index in [1.54, 1.807) is 0 Å². The Kier molecular flexibility index (Phi) is 2.59. The van der Waals surface area contributed by atoms with E-state index >= 15 is 0 Å². The van der Waals surface area contributed by atoms with Crippen LogP contribution in [0.1, 0.15) is 6.42 Å². The maximum atomic E-state index is 9.10. The van der Waals surface area contributed by atoms with Crippen LogP contribution in [-0.4, -0.2) is 42.1 Å². The highest BCUT2D eigenvalue weighted by atomic mass is 16.3. The zero-order valence-corrected chi connectivity index (χ0v) is 6.70. The summed E-state index contributed by atoms with van der Waals surface area (Å²) >= 11 is 0. The summed E-state index contributed by atoms with van der Waals surface area (Å²) in [5.41, 5.74) is 5.34. The minimum Gasteiger partial charge on any atom is -0.377 e. The van der Waals surface area contributed by atoms with E-state index in [1.165, 1.54) is 6.21 Å². The second-order valence-corrected chi connectivity index (χ2v) is 3.16. The summed E-state index contributed by atoms with van der Waals surface area (Å²) in [6.45, 7) is 0.836. The van der Waals surface area contributed by atoms with Gasteiger partial charge in [-0.3, -0.25) is 4.90 Å². The molecule has 0 spiro atoms. The summed E-state index contributed by atoms with van der Waals surface area (Å²) in [6.07, 6.45) is 1.46. The fourth-order valence-corrected chi connectivity index (χ4v) is 1.59. The maximum absolute atomic E-state index is 9.10. The van der Waals surface area contributed by atoms with E-state index < -0.39 is 6.23 Å². The van der Waals surface area contributed by atoms with Crippen molar-refractivity contribution in [2.45, 2.75) is 18.7 Å². The van der Waals surface area contributed by atoms with Crippen LogP contribution in [0.3, 0.4) is 0 Å². The number of hydrogen-bond donors (Lipinski definition) is 3. The number of nitrogens with two attached hydrogens (primary N) is 1. The van der Waals surface area contributed by atoms with Crippen molar-refractivity contribution in [1.29, 1.82) is 5.41 Å². The SMILES string of the molecule is CN1CC(C=N)CC1C(N)O. The summed E-state index contributed by atoms with van der Waals surface area (Å²) in [6, 6.07) is 0.0293. The molecule has 0 aromatic carbocycles. The van der Waals surface area contributed by atoms with Crippen molar-refractivity contribution in [3.8, 4) is 0 Å². The Labute approximate surface area is 66.5 Å². The highest BCUT2D eigenvalue weighted by Crippen LogP contribution is 2.20. The van der Waals surface area contributed by atoms with Gasteiger partial charge in [0.15, 0.2) is 0 Å². The molecule has 1 heterocycles. The molecule has 1 rings (SSSR count). The van der Waals surface area contributed by atoms with Gasteiger partial charge in [-0.05, 0) is 19.7 Å². The molecule has 0 aromatic heterocycles. The van der Waals surface area contributed by atoms with Gasteiger partial charge in [0.1, 0.15) is 6.23 Å². The number of likely N-dealkylation sites (N-methyl/N-ethyl adjacent to an activating group) is 1. The predicted octanol–water partition coefficient (Wildman–Crippen LogP) is -0.767. The van der Waals surface area contributed by atoms with E-state index in [0.29, 0.717) is 0 Å². The zero-order chi connectivity index (χ0) is 8.43. The van der Waals surface area contributed by atoms with Gasteiger partial charge < -0.3 is 16.2 Å². The van der Waals surface area contributed by atoms with Crippen molar-refractivity contribution in [3.05, 3.63) is 0 Å². The number of nitrogens with zero attached hydrogens (tertiary/aromatic N) is 1. The molecule has 4 N–H and O–H groups in total. The first-order valence-corrected chi connectivity index (χ1v) is 3.79. The highest BCUT2D eigenvalue weighted by Gasteiger charge is 2.31. The van der Waals surface area contributed by atoms with E-state index in [2.05, 4.69) is 0 Å². The minimum atomic E-state index is -0.773. The topological polar surface area (TPSA) is 73.3 Å².